The normalized spacial score (nSPS) is 21.3. The zero-order valence-corrected chi connectivity index (χ0v) is 16.1. The molecule has 1 heterocycles. The fraction of sp³-hybridized carbons (Fsp3) is 0.381. The molecular formula is C21H23N3O5. The average molecular weight is 397 g/mol. The van der Waals surface area contributed by atoms with Crippen molar-refractivity contribution in [3.05, 3.63) is 86.0 Å². The van der Waals surface area contributed by atoms with Gasteiger partial charge in [0.2, 0.25) is 11.9 Å². The van der Waals surface area contributed by atoms with Crippen molar-refractivity contribution in [2.75, 3.05) is 6.54 Å². The maximum absolute atomic E-state index is 13.2. The van der Waals surface area contributed by atoms with Gasteiger partial charge in [0, 0.05) is 23.6 Å². The SMILES string of the molecule is CCCCN1C(=O)[C@@H](Cc2ccccc2)[C@H]([N+](=O)[O-])[C@H]1c1ccc([N+](=O)[O-])cc1. The number of non-ortho nitro benzene ring substituents is 1. The van der Waals surface area contributed by atoms with Crippen LogP contribution in [0.25, 0.3) is 0 Å². The van der Waals surface area contributed by atoms with Gasteiger partial charge in [-0.25, -0.2) is 0 Å². The zero-order chi connectivity index (χ0) is 21.0. The van der Waals surface area contributed by atoms with Crippen LogP contribution in [0.4, 0.5) is 5.69 Å². The van der Waals surface area contributed by atoms with E-state index in [4.69, 9.17) is 0 Å². The largest absolute Gasteiger partial charge is 0.328 e. The Kier molecular flexibility index (Phi) is 6.21. The molecule has 1 fully saturated rings. The van der Waals surface area contributed by atoms with Crippen molar-refractivity contribution in [3.63, 3.8) is 0 Å². The van der Waals surface area contributed by atoms with Gasteiger partial charge in [0.1, 0.15) is 12.0 Å². The summed E-state index contributed by atoms with van der Waals surface area (Å²) < 4.78 is 0. The van der Waals surface area contributed by atoms with Crippen LogP contribution in [0.3, 0.4) is 0 Å². The molecule has 0 spiro atoms. The molecule has 0 bridgehead atoms. The number of carbonyl (C=O) groups is 1. The van der Waals surface area contributed by atoms with Gasteiger partial charge in [0.15, 0.2) is 0 Å². The average Bonchev–Trinajstić information content (AvgIpc) is 2.99. The standard InChI is InChI=1S/C21H23N3O5/c1-2-3-13-22-19(16-9-11-17(12-10-16)23(26)27)20(24(28)29)18(21(22)25)14-15-7-5-4-6-8-15/h4-12,18-20H,2-3,13-14H2,1H3/t18-,19+,20-/m0/s1. The molecule has 1 saturated heterocycles. The maximum atomic E-state index is 13.2. The van der Waals surface area contributed by atoms with Gasteiger partial charge in [-0.15, -0.1) is 0 Å². The molecule has 0 radical (unpaired) electrons. The molecule has 29 heavy (non-hydrogen) atoms. The summed E-state index contributed by atoms with van der Waals surface area (Å²) in [5, 5.41) is 23.0. The first kappa shape index (κ1) is 20.4. The van der Waals surface area contributed by atoms with E-state index < -0.39 is 22.9 Å². The first-order valence-electron chi connectivity index (χ1n) is 9.66. The molecular weight excluding hydrogens is 374 g/mol. The van der Waals surface area contributed by atoms with E-state index >= 15 is 0 Å². The zero-order valence-electron chi connectivity index (χ0n) is 16.1. The van der Waals surface area contributed by atoms with E-state index in [9.17, 15) is 25.0 Å². The molecule has 8 heteroatoms. The molecule has 2 aromatic rings. The minimum atomic E-state index is -1.11. The van der Waals surface area contributed by atoms with Crippen LogP contribution in [0.2, 0.25) is 0 Å². The maximum Gasteiger partial charge on any atom is 0.269 e. The highest BCUT2D eigenvalue weighted by molar-refractivity contribution is 5.83. The summed E-state index contributed by atoms with van der Waals surface area (Å²) in [6.07, 6.45) is 1.87. The number of carbonyl (C=O) groups excluding carboxylic acids is 1. The number of benzene rings is 2. The molecule has 1 amide bonds. The molecule has 8 nitrogen and oxygen atoms in total. The number of rotatable bonds is 8. The van der Waals surface area contributed by atoms with Crippen molar-refractivity contribution in [1.29, 1.82) is 0 Å². The quantitative estimate of drug-likeness (QED) is 0.498. The topological polar surface area (TPSA) is 107 Å². The van der Waals surface area contributed by atoms with E-state index in [1.165, 1.54) is 24.3 Å². The molecule has 152 valence electrons. The third-order valence-corrected chi connectivity index (χ3v) is 5.41. The molecule has 0 saturated carbocycles. The summed E-state index contributed by atoms with van der Waals surface area (Å²) in [5.41, 5.74) is 1.34. The van der Waals surface area contributed by atoms with E-state index in [0.29, 0.717) is 12.1 Å². The summed E-state index contributed by atoms with van der Waals surface area (Å²) in [5.74, 6) is -1.00. The number of likely N-dealkylation sites (tertiary alicyclic amines) is 1. The molecule has 1 aliphatic heterocycles. The van der Waals surface area contributed by atoms with Crippen molar-refractivity contribution < 1.29 is 14.6 Å². The van der Waals surface area contributed by atoms with Gasteiger partial charge in [0.25, 0.3) is 5.69 Å². The number of nitro groups is 2. The van der Waals surface area contributed by atoms with Crippen LogP contribution in [0.5, 0.6) is 0 Å². The van der Waals surface area contributed by atoms with Crippen molar-refractivity contribution in [2.45, 2.75) is 38.3 Å². The molecule has 2 aromatic carbocycles. The van der Waals surface area contributed by atoms with Crippen LogP contribution < -0.4 is 0 Å². The Morgan fingerprint density at radius 3 is 2.21 bits per heavy atom. The Labute approximate surface area is 168 Å². The van der Waals surface area contributed by atoms with E-state index in [1.807, 2.05) is 37.3 Å². The molecule has 0 N–H and O–H groups in total. The lowest BCUT2D eigenvalue weighted by Crippen LogP contribution is -2.34. The van der Waals surface area contributed by atoms with Gasteiger partial charge < -0.3 is 4.90 Å². The highest BCUT2D eigenvalue weighted by atomic mass is 16.6. The van der Waals surface area contributed by atoms with E-state index in [0.717, 1.165) is 18.4 Å². The second-order valence-electron chi connectivity index (χ2n) is 7.25. The molecule has 0 aliphatic carbocycles. The van der Waals surface area contributed by atoms with Crippen LogP contribution >= 0.6 is 0 Å². The van der Waals surface area contributed by atoms with Crippen molar-refractivity contribution >= 4 is 11.6 Å². The van der Waals surface area contributed by atoms with Gasteiger partial charge in [0.05, 0.1) is 4.92 Å². The predicted octanol–water partition coefficient (Wildman–Crippen LogP) is 3.78. The van der Waals surface area contributed by atoms with Crippen LogP contribution in [0.15, 0.2) is 54.6 Å². The first-order chi connectivity index (χ1) is 13.9. The lowest BCUT2D eigenvalue weighted by Gasteiger charge is -2.25. The second kappa shape index (κ2) is 8.81. The summed E-state index contributed by atoms with van der Waals surface area (Å²) in [7, 11) is 0. The number of hydrogen-bond acceptors (Lipinski definition) is 5. The number of nitro benzene ring substituents is 1. The molecule has 3 rings (SSSR count). The predicted molar refractivity (Wildman–Crippen MR) is 107 cm³/mol. The Hall–Kier alpha value is -3.29. The fourth-order valence-electron chi connectivity index (χ4n) is 3.99. The van der Waals surface area contributed by atoms with Crippen LogP contribution in [0.1, 0.15) is 36.9 Å². The Bertz CT molecular complexity index is 885. The van der Waals surface area contributed by atoms with Crippen LogP contribution in [-0.2, 0) is 11.2 Å². The summed E-state index contributed by atoms with van der Waals surface area (Å²) in [6, 6.07) is 13.1. The van der Waals surface area contributed by atoms with E-state index in [-0.39, 0.29) is 22.9 Å². The highest BCUT2D eigenvalue weighted by Gasteiger charge is 2.55. The van der Waals surface area contributed by atoms with Crippen molar-refractivity contribution in [1.82, 2.24) is 4.90 Å². The smallest absolute Gasteiger partial charge is 0.269 e. The lowest BCUT2D eigenvalue weighted by molar-refractivity contribution is -0.532. The Balaban J connectivity index is 2.00. The Morgan fingerprint density at radius 2 is 1.66 bits per heavy atom. The number of nitrogens with zero attached hydrogens (tertiary/aromatic N) is 3. The number of amides is 1. The van der Waals surface area contributed by atoms with Gasteiger partial charge in [-0.2, -0.15) is 0 Å². The molecule has 0 unspecified atom stereocenters. The second-order valence-corrected chi connectivity index (χ2v) is 7.25. The van der Waals surface area contributed by atoms with Gasteiger partial charge >= 0.3 is 0 Å². The summed E-state index contributed by atoms with van der Waals surface area (Å²) >= 11 is 0. The monoisotopic (exact) mass is 397 g/mol. The van der Waals surface area contributed by atoms with E-state index in [2.05, 4.69) is 0 Å². The molecule has 1 aliphatic rings. The van der Waals surface area contributed by atoms with Gasteiger partial charge in [-0.3, -0.25) is 25.0 Å². The summed E-state index contributed by atoms with van der Waals surface area (Å²) in [6.45, 7) is 2.42. The van der Waals surface area contributed by atoms with Crippen LogP contribution in [-0.4, -0.2) is 33.2 Å². The third-order valence-electron chi connectivity index (χ3n) is 5.41. The van der Waals surface area contributed by atoms with Gasteiger partial charge in [-0.1, -0.05) is 43.7 Å². The first-order valence-corrected chi connectivity index (χ1v) is 9.66. The van der Waals surface area contributed by atoms with Crippen LogP contribution in [0, 0.1) is 26.1 Å². The third kappa shape index (κ3) is 4.26. The summed E-state index contributed by atoms with van der Waals surface area (Å²) in [4.78, 5) is 36.9. The minimum absolute atomic E-state index is 0.0864. The highest BCUT2D eigenvalue weighted by Crippen LogP contribution is 2.40. The minimum Gasteiger partial charge on any atom is -0.328 e. The van der Waals surface area contributed by atoms with Gasteiger partial charge in [-0.05, 0) is 36.1 Å². The molecule has 3 atom stereocenters. The fourth-order valence-corrected chi connectivity index (χ4v) is 3.99. The van der Waals surface area contributed by atoms with E-state index in [1.54, 1.807) is 4.90 Å². The molecule has 0 aromatic heterocycles. The number of hydrogen-bond donors (Lipinski definition) is 0. The Morgan fingerprint density at radius 1 is 1.00 bits per heavy atom. The van der Waals surface area contributed by atoms with Crippen molar-refractivity contribution in [2.24, 2.45) is 5.92 Å². The lowest BCUT2D eigenvalue weighted by atomic mass is 9.89. The van der Waals surface area contributed by atoms with Crippen molar-refractivity contribution in [3.8, 4) is 0 Å². The number of unbranched alkanes of at least 4 members (excludes halogenated alkanes) is 1.